The zero-order chi connectivity index (χ0) is 13.0. The molecule has 0 aliphatic heterocycles. The summed E-state index contributed by atoms with van der Waals surface area (Å²) in [5, 5.41) is 0. The molecule has 2 N–H and O–H groups in total. The van der Waals surface area contributed by atoms with Crippen LogP contribution in [0.5, 0.6) is 0 Å². The van der Waals surface area contributed by atoms with Gasteiger partial charge in [0.2, 0.25) is 0 Å². The summed E-state index contributed by atoms with van der Waals surface area (Å²) in [7, 11) is 0. The molecule has 0 aromatic heterocycles. The summed E-state index contributed by atoms with van der Waals surface area (Å²) in [5.74, 6) is 0. The summed E-state index contributed by atoms with van der Waals surface area (Å²) in [6, 6.07) is 8.66. The van der Waals surface area contributed by atoms with Crippen molar-refractivity contribution < 1.29 is 0 Å². The summed E-state index contributed by atoms with van der Waals surface area (Å²) in [5.41, 5.74) is 11.3. The Morgan fingerprint density at radius 2 is 1.61 bits per heavy atom. The van der Waals surface area contributed by atoms with E-state index in [2.05, 4.69) is 62.4 Å². The molecule has 0 heterocycles. The van der Waals surface area contributed by atoms with Crippen LogP contribution in [0.1, 0.15) is 31.9 Å². The fourth-order valence-corrected chi connectivity index (χ4v) is 2.95. The fourth-order valence-electron chi connectivity index (χ4n) is 2.95. The molecular formula is C17H19N. The Balaban J connectivity index is 2.26. The molecule has 2 aliphatic rings. The molecule has 1 atom stereocenters. The summed E-state index contributed by atoms with van der Waals surface area (Å²) in [6.45, 7) is 6.60. The third-order valence-corrected chi connectivity index (χ3v) is 4.07. The Hall–Kier alpha value is -1.60. The molecule has 1 heteroatoms. The van der Waals surface area contributed by atoms with E-state index in [1.807, 2.05) is 6.92 Å². The number of hydrogen-bond acceptors (Lipinski definition) is 1. The number of benzene rings is 1. The maximum Gasteiger partial charge on any atom is 0.0502 e. The van der Waals surface area contributed by atoms with Crippen LogP contribution in [0.2, 0.25) is 0 Å². The van der Waals surface area contributed by atoms with E-state index in [1.165, 1.54) is 22.3 Å². The van der Waals surface area contributed by atoms with Gasteiger partial charge in [0.15, 0.2) is 0 Å². The first kappa shape index (κ1) is 11.5. The zero-order valence-electron chi connectivity index (χ0n) is 11.2. The van der Waals surface area contributed by atoms with E-state index < -0.39 is 0 Å². The van der Waals surface area contributed by atoms with Crippen LogP contribution in [-0.2, 0) is 5.41 Å². The summed E-state index contributed by atoms with van der Waals surface area (Å²) in [6.07, 6.45) is 8.57. The van der Waals surface area contributed by atoms with Crippen LogP contribution < -0.4 is 5.73 Å². The highest BCUT2D eigenvalue weighted by molar-refractivity contribution is 5.88. The molecule has 1 unspecified atom stereocenters. The fraction of sp³-hybridized carbons (Fsp3) is 0.294. The maximum atomic E-state index is 6.19. The van der Waals surface area contributed by atoms with E-state index in [4.69, 9.17) is 5.73 Å². The third kappa shape index (κ3) is 1.51. The van der Waals surface area contributed by atoms with Crippen LogP contribution in [0, 0.1) is 0 Å². The van der Waals surface area contributed by atoms with Crippen molar-refractivity contribution in [3.8, 4) is 0 Å². The average molecular weight is 237 g/mol. The number of allylic oxidation sites excluding steroid dienone is 4. The molecular weight excluding hydrogens is 218 g/mol. The van der Waals surface area contributed by atoms with Crippen LogP contribution in [0.25, 0.3) is 5.57 Å². The molecule has 0 bridgehead atoms. The third-order valence-electron chi connectivity index (χ3n) is 4.07. The van der Waals surface area contributed by atoms with Gasteiger partial charge in [-0.25, -0.2) is 0 Å². The first-order chi connectivity index (χ1) is 8.42. The minimum atomic E-state index is -0.352. The van der Waals surface area contributed by atoms with E-state index in [1.54, 1.807) is 0 Å². The molecule has 1 aromatic carbocycles. The number of fused-ring (bicyclic) bond motifs is 2. The average Bonchev–Trinajstić information content (AvgIpc) is 2.43. The minimum Gasteiger partial charge on any atom is -0.319 e. The van der Waals surface area contributed by atoms with E-state index in [-0.39, 0.29) is 11.0 Å². The van der Waals surface area contributed by atoms with Gasteiger partial charge in [-0.1, -0.05) is 62.4 Å². The Morgan fingerprint density at radius 3 is 2.39 bits per heavy atom. The number of nitrogens with two attached hydrogens (primary N) is 1. The molecule has 0 spiro atoms. The van der Waals surface area contributed by atoms with E-state index >= 15 is 0 Å². The Kier molecular flexibility index (Phi) is 2.21. The lowest BCUT2D eigenvalue weighted by Gasteiger charge is -2.23. The molecule has 0 radical (unpaired) electrons. The van der Waals surface area contributed by atoms with Crippen molar-refractivity contribution in [2.24, 2.45) is 5.73 Å². The van der Waals surface area contributed by atoms with Gasteiger partial charge in [0.25, 0.3) is 0 Å². The first-order valence-electron chi connectivity index (χ1n) is 6.44. The lowest BCUT2D eigenvalue weighted by molar-refractivity contribution is 0.651. The van der Waals surface area contributed by atoms with Crippen LogP contribution in [0.4, 0.5) is 0 Å². The Bertz CT molecular complexity index is 598. The molecule has 1 aromatic rings. The number of hydrogen-bond donors (Lipinski definition) is 1. The molecule has 2 aliphatic carbocycles. The van der Waals surface area contributed by atoms with Crippen molar-refractivity contribution in [3.05, 3.63) is 65.3 Å². The highest BCUT2D eigenvalue weighted by Gasteiger charge is 2.36. The highest BCUT2D eigenvalue weighted by Crippen LogP contribution is 2.48. The largest absolute Gasteiger partial charge is 0.319 e. The minimum absolute atomic E-state index is 0.0627. The van der Waals surface area contributed by atoms with Gasteiger partial charge in [0.05, 0.1) is 5.54 Å². The summed E-state index contributed by atoms with van der Waals surface area (Å²) in [4.78, 5) is 0. The van der Waals surface area contributed by atoms with Crippen LogP contribution in [0.3, 0.4) is 0 Å². The maximum absolute atomic E-state index is 6.19. The van der Waals surface area contributed by atoms with E-state index in [0.717, 1.165) is 0 Å². The smallest absolute Gasteiger partial charge is 0.0502 e. The topological polar surface area (TPSA) is 26.0 Å². The van der Waals surface area contributed by atoms with E-state index in [9.17, 15) is 0 Å². The van der Waals surface area contributed by atoms with Crippen molar-refractivity contribution in [2.75, 3.05) is 0 Å². The second-order valence-corrected chi connectivity index (χ2v) is 6.03. The normalized spacial score (nSPS) is 28.0. The van der Waals surface area contributed by atoms with Gasteiger partial charge >= 0.3 is 0 Å². The van der Waals surface area contributed by atoms with Gasteiger partial charge < -0.3 is 5.73 Å². The number of rotatable bonds is 0. The zero-order valence-corrected chi connectivity index (χ0v) is 11.2. The van der Waals surface area contributed by atoms with Gasteiger partial charge in [-0.05, 0) is 29.2 Å². The second-order valence-electron chi connectivity index (χ2n) is 6.03. The van der Waals surface area contributed by atoms with Crippen molar-refractivity contribution in [3.63, 3.8) is 0 Å². The molecule has 0 saturated heterocycles. The SMILES string of the molecule is CC1(N)C=CC2=C(C=C1)C(C)(C)c1ccccc12. The molecule has 1 nitrogen and oxygen atoms in total. The summed E-state index contributed by atoms with van der Waals surface area (Å²) < 4.78 is 0. The van der Waals surface area contributed by atoms with Crippen molar-refractivity contribution in [1.29, 1.82) is 0 Å². The quantitative estimate of drug-likeness (QED) is 0.733. The molecule has 0 saturated carbocycles. The van der Waals surface area contributed by atoms with Gasteiger partial charge in [-0.3, -0.25) is 0 Å². The van der Waals surface area contributed by atoms with Gasteiger partial charge in [-0.2, -0.15) is 0 Å². The lowest BCUT2D eigenvalue weighted by atomic mass is 9.81. The predicted octanol–water partition coefficient (Wildman–Crippen LogP) is 3.57. The molecule has 3 rings (SSSR count). The standard InChI is InChI=1S/C17H19N/c1-16(2)14-7-5-4-6-12(14)13-8-10-17(3,18)11-9-15(13)16/h4-11H,18H2,1-3H3. The van der Waals surface area contributed by atoms with Gasteiger partial charge in [0, 0.05) is 5.41 Å². The van der Waals surface area contributed by atoms with Crippen molar-refractivity contribution in [2.45, 2.75) is 31.7 Å². The van der Waals surface area contributed by atoms with Crippen LogP contribution in [0.15, 0.2) is 54.1 Å². The van der Waals surface area contributed by atoms with Crippen LogP contribution in [-0.4, -0.2) is 5.54 Å². The Labute approximate surface area is 109 Å². The predicted molar refractivity (Wildman–Crippen MR) is 77.3 cm³/mol. The second kappa shape index (κ2) is 3.46. The molecule has 0 fully saturated rings. The van der Waals surface area contributed by atoms with Crippen molar-refractivity contribution >= 4 is 5.57 Å². The monoisotopic (exact) mass is 237 g/mol. The van der Waals surface area contributed by atoms with Crippen molar-refractivity contribution in [1.82, 2.24) is 0 Å². The van der Waals surface area contributed by atoms with Gasteiger partial charge in [-0.15, -0.1) is 0 Å². The highest BCUT2D eigenvalue weighted by atomic mass is 14.7. The van der Waals surface area contributed by atoms with E-state index in [0.29, 0.717) is 0 Å². The van der Waals surface area contributed by atoms with Crippen LogP contribution >= 0.6 is 0 Å². The summed E-state index contributed by atoms with van der Waals surface area (Å²) >= 11 is 0. The van der Waals surface area contributed by atoms with Gasteiger partial charge in [0.1, 0.15) is 0 Å². The lowest BCUT2D eigenvalue weighted by Crippen LogP contribution is -2.30. The molecule has 18 heavy (non-hydrogen) atoms. The molecule has 92 valence electrons. The molecule has 0 amide bonds. The first-order valence-corrected chi connectivity index (χ1v) is 6.44. The Morgan fingerprint density at radius 1 is 0.944 bits per heavy atom.